The minimum absolute atomic E-state index is 0.283. The number of rotatable bonds is 3. The maximum Gasteiger partial charge on any atom is 0.336 e. The van der Waals surface area contributed by atoms with Gasteiger partial charge in [-0.3, -0.25) is 0 Å². The second-order valence-corrected chi connectivity index (χ2v) is 5.33. The summed E-state index contributed by atoms with van der Waals surface area (Å²) in [6.45, 7) is 3.45. The van der Waals surface area contributed by atoms with Gasteiger partial charge in [0.25, 0.3) is 0 Å². The minimum atomic E-state index is -0.930. The van der Waals surface area contributed by atoms with E-state index in [4.69, 9.17) is 4.74 Å². The van der Waals surface area contributed by atoms with Crippen LogP contribution >= 0.6 is 0 Å². The molecule has 0 unspecified atom stereocenters. The van der Waals surface area contributed by atoms with Crippen molar-refractivity contribution in [1.29, 1.82) is 0 Å². The van der Waals surface area contributed by atoms with Crippen LogP contribution in [0.5, 0.6) is 0 Å². The Morgan fingerprint density at radius 3 is 2.76 bits per heavy atom. The third-order valence-electron chi connectivity index (χ3n) is 3.92. The van der Waals surface area contributed by atoms with Crippen molar-refractivity contribution in [3.05, 3.63) is 41.3 Å². The highest BCUT2D eigenvalue weighted by molar-refractivity contribution is 5.95. The topological polar surface area (TPSA) is 75.2 Å². The molecule has 1 aliphatic heterocycles. The molecule has 2 N–H and O–H groups in total. The van der Waals surface area contributed by atoms with Gasteiger partial charge in [-0.25, -0.2) is 9.78 Å². The fourth-order valence-corrected chi connectivity index (χ4v) is 2.79. The number of nitrogens with one attached hydrogen (secondary N) is 1. The first-order chi connectivity index (χ1) is 10.2. The number of benzene rings is 1. The van der Waals surface area contributed by atoms with Crippen molar-refractivity contribution in [2.75, 3.05) is 13.2 Å². The van der Waals surface area contributed by atoms with Crippen molar-refractivity contribution in [3.8, 4) is 11.3 Å². The maximum absolute atomic E-state index is 11.4. The number of imidazole rings is 1. The van der Waals surface area contributed by atoms with Gasteiger partial charge in [0.1, 0.15) is 5.82 Å². The first-order valence-electron chi connectivity index (χ1n) is 7.13. The third-order valence-corrected chi connectivity index (χ3v) is 3.92. The summed E-state index contributed by atoms with van der Waals surface area (Å²) in [5.41, 5.74) is 2.59. The minimum Gasteiger partial charge on any atom is -0.478 e. The summed E-state index contributed by atoms with van der Waals surface area (Å²) in [6.07, 6.45) is 1.90. The largest absolute Gasteiger partial charge is 0.478 e. The van der Waals surface area contributed by atoms with E-state index in [0.29, 0.717) is 11.5 Å². The first-order valence-corrected chi connectivity index (χ1v) is 7.13. The molecule has 5 nitrogen and oxygen atoms in total. The van der Waals surface area contributed by atoms with Gasteiger partial charge in [-0.15, -0.1) is 0 Å². The lowest BCUT2D eigenvalue weighted by atomic mass is 10.00. The van der Waals surface area contributed by atoms with Crippen molar-refractivity contribution in [3.63, 3.8) is 0 Å². The highest BCUT2D eigenvalue weighted by Gasteiger charge is 2.22. The number of ether oxygens (including phenoxy) is 1. The van der Waals surface area contributed by atoms with E-state index in [9.17, 15) is 9.90 Å². The van der Waals surface area contributed by atoms with Gasteiger partial charge in [-0.2, -0.15) is 0 Å². The lowest BCUT2D eigenvalue weighted by Gasteiger charge is -2.19. The van der Waals surface area contributed by atoms with Crippen molar-refractivity contribution in [2.24, 2.45) is 0 Å². The summed E-state index contributed by atoms with van der Waals surface area (Å²) >= 11 is 0. The first kappa shape index (κ1) is 13.8. The van der Waals surface area contributed by atoms with Gasteiger partial charge in [0, 0.05) is 30.4 Å². The molecule has 0 atom stereocenters. The van der Waals surface area contributed by atoms with Crippen LogP contribution in [-0.2, 0) is 4.74 Å². The van der Waals surface area contributed by atoms with Crippen molar-refractivity contribution < 1.29 is 14.6 Å². The molecule has 0 amide bonds. The summed E-state index contributed by atoms with van der Waals surface area (Å²) < 4.78 is 5.37. The van der Waals surface area contributed by atoms with Gasteiger partial charge < -0.3 is 14.8 Å². The van der Waals surface area contributed by atoms with Crippen molar-refractivity contribution >= 4 is 5.97 Å². The molecular weight excluding hydrogens is 268 g/mol. The zero-order chi connectivity index (χ0) is 14.8. The van der Waals surface area contributed by atoms with Crippen LogP contribution in [0.2, 0.25) is 0 Å². The molecule has 21 heavy (non-hydrogen) atoms. The Kier molecular flexibility index (Phi) is 3.75. The van der Waals surface area contributed by atoms with Crippen LogP contribution < -0.4 is 0 Å². The smallest absolute Gasteiger partial charge is 0.336 e. The lowest BCUT2D eigenvalue weighted by molar-refractivity contribution is 0.0697. The summed E-state index contributed by atoms with van der Waals surface area (Å²) in [7, 11) is 0. The number of H-pyrrole nitrogens is 1. The molecule has 3 rings (SSSR count). The Bertz CT molecular complexity index is 657. The van der Waals surface area contributed by atoms with Crippen LogP contribution in [0.4, 0.5) is 0 Å². The van der Waals surface area contributed by atoms with Crippen LogP contribution in [0.15, 0.2) is 24.3 Å². The van der Waals surface area contributed by atoms with Gasteiger partial charge in [0.2, 0.25) is 0 Å². The van der Waals surface area contributed by atoms with E-state index in [1.807, 2.05) is 13.0 Å². The van der Waals surface area contributed by atoms with E-state index in [1.54, 1.807) is 18.2 Å². The van der Waals surface area contributed by atoms with Gasteiger partial charge >= 0.3 is 5.97 Å². The standard InChI is InChI=1S/C16H18N2O3/c1-10-14(12-4-2-3-5-13(12)16(19)20)18-15(17-10)11-6-8-21-9-7-11/h2-5,11H,6-9H2,1H3,(H,17,18)(H,19,20). The Labute approximate surface area is 123 Å². The maximum atomic E-state index is 11.4. The number of aromatic carboxylic acids is 1. The van der Waals surface area contributed by atoms with Crippen LogP contribution in [0.3, 0.4) is 0 Å². The average molecular weight is 286 g/mol. The fraction of sp³-hybridized carbons (Fsp3) is 0.375. The summed E-state index contributed by atoms with van der Waals surface area (Å²) in [6, 6.07) is 6.98. The third kappa shape index (κ3) is 2.69. The predicted octanol–water partition coefficient (Wildman–Crippen LogP) is 2.98. The second-order valence-electron chi connectivity index (χ2n) is 5.33. The summed E-state index contributed by atoms with van der Waals surface area (Å²) in [5, 5.41) is 9.32. The van der Waals surface area contributed by atoms with Crippen LogP contribution in [-0.4, -0.2) is 34.3 Å². The Hall–Kier alpha value is -2.14. The zero-order valence-corrected chi connectivity index (χ0v) is 11.9. The molecule has 1 saturated heterocycles. The van der Waals surface area contributed by atoms with Gasteiger partial charge in [0.15, 0.2) is 0 Å². The fourth-order valence-electron chi connectivity index (χ4n) is 2.79. The Balaban J connectivity index is 2.00. The molecule has 0 radical (unpaired) electrons. The summed E-state index contributed by atoms with van der Waals surface area (Å²) in [5.74, 6) is 0.370. The number of hydrogen-bond donors (Lipinski definition) is 2. The predicted molar refractivity (Wildman–Crippen MR) is 78.5 cm³/mol. The molecule has 1 aromatic heterocycles. The lowest BCUT2D eigenvalue weighted by Crippen LogP contribution is -2.15. The van der Waals surface area contributed by atoms with Crippen LogP contribution in [0.25, 0.3) is 11.3 Å². The zero-order valence-electron chi connectivity index (χ0n) is 11.9. The van der Waals surface area contributed by atoms with E-state index in [2.05, 4.69) is 9.97 Å². The molecule has 110 valence electrons. The Morgan fingerprint density at radius 2 is 2.05 bits per heavy atom. The van der Waals surface area contributed by atoms with Crippen LogP contribution in [0.1, 0.15) is 40.6 Å². The Morgan fingerprint density at radius 1 is 1.33 bits per heavy atom. The number of carboxylic acids is 1. The molecular formula is C16H18N2O3. The van der Waals surface area contributed by atoms with Gasteiger partial charge in [0.05, 0.1) is 11.3 Å². The monoisotopic (exact) mass is 286 g/mol. The van der Waals surface area contributed by atoms with Crippen molar-refractivity contribution in [2.45, 2.75) is 25.7 Å². The van der Waals surface area contributed by atoms with E-state index in [1.165, 1.54) is 0 Å². The van der Waals surface area contributed by atoms with E-state index >= 15 is 0 Å². The molecule has 1 aliphatic rings. The number of hydrogen-bond acceptors (Lipinski definition) is 3. The van der Waals surface area contributed by atoms with Gasteiger partial charge in [-0.05, 0) is 25.8 Å². The van der Waals surface area contributed by atoms with Crippen LogP contribution in [0, 0.1) is 6.92 Å². The number of aromatic amines is 1. The van der Waals surface area contributed by atoms with Crippen molar-refractivity contribution in [1.82, 2.24) is 9.97 Å². The number of carboxylic acid groups (broad SMARTS) is 1. The number of nitrogens with zero attached hydrogens (tertiary/aromatic N) is 1. The number of carbonyl (C=O) groups is 1. The normalized spacial score (nSPS) is 16.0. The molecule has 1 aromatic carbocycles. The average Bonchev–Trinajstić information content (AvgIpc) is 2.90. The number of aryl methyl sites for hydroxylation is 1. The SMILES string of the molecule is Cc1[nH]c(C2CCOCC2)nc1-c1ccccc1C(=O)O. The summed E-state index contributed by atoms with van der Waals surface area (Å²) in [4.78, 5) is 19.4. The van der Waals surface area contributed by atoms with E-state index in [0.717, 1.165) is 43.3 Å². The molecule has 0 aliphatic carbocycles. The van der Waals surface area contributed by atoms with E-state index < -0.39 is 5.97 Å². The highest BCUT2D eigenvalue weighted by Crippen LogP contribution is 2.30. The highest BCUT2D eigenvalue weighted by atomic mass is 16.5. The molecule has 0 spiro atoms. The molecule has 0 bridgehead atoms. The molecule has 5 heteroatoms. The van der Waals surface area contributed by atoms with Gasteiger partial charge in [-0.1, -0.05) is 18.2 Å². The second kappa shape index (κ2) is 5.69. The molecule has 1 fully saturated rings. The number of aromatic nitrogens is 2. The molecule has 2 heterocycles. The molecule has 2 aromatic rings. The molecule has 0 saturated carbocycles. The van der Waals surface area contributed by atoms with E-state index in [-0.39, 0.29) is 5.56 Å². The quantitative estimate of drug-likeness (QED) is 0.909.